The maximum Gasteiger partial charge on any atom is 0.281 e. The Morgan fingerprint density at radius 1 is 1.29 bits per heavy atom. The van der Waals surface area contributed by atoms with Gasteiger partial charge in [0, 0.05) is 12.3 Å². The lowest BCUT2D eigenvalue weighted by Gasteiger charge is -1.95. The van der Waals surface area contributed by atoms with Crippen LogP contribution in [-0.4, -0.2) is 17.0 Å². The second kappa shape index (κ2) is 7.11. The Morgan fingerprint density at radius 3 is 2.81 bits per heavy atom. The van der Waals surface area contributed by atoms with Crippen molar-refractivity contribution in [3.05, 3.63) is 68.4 Å². The number of hydrazone groups is 1. The van der Waals surface area contributed by atoms with Crippen LogP contribution in [0.4, 0.5) is 5.69 Å². The Kier molecular flexibility index (Phi) is 4.94. The number of nitrogens with one attached hydrogen (secondary N) is 1. The van der Waals surface area contributed by atoms with Crippen molar-refractivity contribution < 1.29 is 9.72 Å². The Balaban J connectivity index is 1.95. The molecular formula is C14H11N3O3S. The van der Waals surface area contributed by atoms with Crippen molar-refractivity contribution in [3.8, 4) is 0 Å². The van der Waals surface area contributed by atoms with Crippen molar-refractivity contribution >= 4 is 35.2 Å². The van der Waals surface area contributed by atoms with Gasteiger partial charge in [-0.05, 0) is 29.7 Å². The molecular weight excluding hydrogens is 290 g/mol. The molecule has 2 rings (SSSR count). The van der Waals surface area contributed by atoms with Gasteiger partial charge in [0.25, 0.3) is 11.6 Å². The lowest BCUT2D eigenvalue weighted by Crippen LogP contribution is -2.15. The highest BCUT2D eigenvalue weighted by atomic mass is 32.1. The summed E-state index contributed by atoms with van der Waals surface area (Å²) >= 11 is 1.32. The molecule has 1 aromatic carbocycles. The van der Waals surface area contributed by atoms with Crippen molar-refractivity contribution in [2.45, 2.75) is 0 Å². The molecule has 0 saturated heterocycles. The summed E-state index contributed by atoms with van der Waals surface area (Å²) in [5.74, 6) is -0.291. The second-order valence-electron chi connectivity index (χ2n) is 3.87. The standard InChI is InChI=1S/C14H11N3O3S/c18-14(13-8-4-10-21-13)16-15-9-3-6-11-5-1-2-7-12(11)17(19)20/h1-10H,(H,16,18)/b6-3-,15-9-. The molecule has 106 valence electrons. The van der Waals surface area contributed by atoms with Crippen LogP contribution in [0.15, 0.2) is 53.0 Å². The zero-order chi connectivity index (χ0) is 15.1. The molecule has 21 heavy (non-hydrogen) atoms. The highest BCUT2D eigenvalue weighted by Crippen LogP contribution is 2.18. The molecule has 1 heterocycles. The maximum absolute atomic E-state index is 11.6. The first-order valence-electron chi connectivity index (χ1n) is 5.95. The van der Waals surface area contributed by atoms with Crippen molar-refractivity contribution in [3.63, 3.8) is 0 Å². The maximum atomic E-state index is 11.6. The quantitative estimate of drug-likeness (QED) is 0.523. The predicted octanol–water partition coefficient (Wildman–Crippen LogP) is 3.09. The molecule has 0 aliphatic rings. The summed E-state index contributed by atoms with van der Waals surface area (Å²) in [6.45, 7) is 0. The third kappa shape index (κ3) is 4.08. The normalized spacial score (nSPS) is 11.0. The number of benzene rings is 1. The fraction of sp³-hybridized carbons (Fsp3) is 0. The van der Waals surface area contributed by atoms with Crippen LogP contribution in [0.2, 0.25) is 0 Å². The molecule has 0 atom stereocenters. The molecule has 1 N–H and O–H groups in total. The molecule has 0 spiro atoms. The van der Waals surface area contributed by atoms with Gasteiger partial charge in [0.05, 0.1) is 15.4 Å². The summed E-state index contributed by atoms with van der Waals surface area (Å²) in [4.78, 5) is 22.5. The molecule has 1 amide bonds. The first-order chi connectivity index (χ1) is 10.2. The predicted molar refractivity (Wildman–Crippen MR) is 82.4 cm³/mol. The molecule has 0 bridgehead atoms. The number of allylic oxidation sites excluding steroid dienone is 1. The second-order valence-corrected chi connectivity index (χ2v) is 4.82. The Hall–Kier alpha value is -2.80. The van der Waals surface area contributed by atoms with Gasteiger partial charge in [-0.15, -0.1) is 11.3 Å². The highest BCUT2D eigenvalue weighted by Gasteiger charge is 2.08. The fourth-order valence-corrected chi connectivity index (χ4v) is 2.16. The van der Waals surface area contributed by atoms with Gasteiger partial charge in [0.1, 0.15) is 0 Å². The van der Waals surface area contributed by atoms with Gasteiger partial charge in [-0.3, -0.25) is 14.9 Å². The molecule has 0 fully saturated rings. The molecule has 0 aliphatic carbocycles. The van der Waals surface area contributed by atoms with E-state index in [1.54, 1.807) is 41.8 Å². The van der Waals surface area contributed by atoms with E-state index in [4.69, 9.17) is 0 Å². The van der Waals surface area contributed by atoms with Crippen LogP contribution < -0.4 is 5.43 Å². The van der Waals surface area contributed by atoms with E-state index < -0.39 is 4.92 Å². The molecule has 0 saturated carbocycles. The fourth-order valence-electron chi connectivity index (χ4n) is 1.54. The van der Waals surface area contributed by atoms with Crippen molar-refractivity contribution in [1.82, 2.24) is 5.43 Å². The van der Waals surface area contributed by atoms with E-state index in [0.717, 1.165) is 0 Å². The third-order valence-electron chi connectivity index (χ3n) is 2.48. The summed E-state index contributed by atoms with van der Waals surface area (Å²) in [6, 6.07) is 9.84. The lowest BCUT2D eigenvalue weighted by atomic mass is 10.2. The van der Waals surface area contributed by atoms with Gasteiger partial charge in [-0.25, -0.2) is 5.43 Å². The number of carbonyl (C=O) groups is 1. The highest BCUT2D eigenvalue weighted by molar-refractivity contribution is 7.12. The van der Waals surface area contributed by atoms with Crippen LogP contribution in [0.3, 0.4) is 0 Å². The van der Waals surface area contributed by atoms with Gasteiger partial charge in [0.15, 0.2) is 0 Å². The number of rotatable bonds is 5. The van der Waals surface area contributed by atoms with Gasteiger partial charge < -0.3 is 0 Å². The minimum Gasteiger partial charge on any atom is -0.266 e. The monoisotopic (exact) mass is 301 g/mol. The summed E-state index contributed by atoms with van der Waals surface area (Å²) in [5, 5.41) is 16.4. The van der Waals surface area contributed by atoms with Crippen molar-refractivity contribution in [2.24, 2.45) is 5.10 Å². The van der Waals surface area contributed by atoms with Crippen molar-refractivity contribution in [1.29, 1.82) is 0 Å². The Bertz CT molecular complexity index is 693. The summed E-state index contributed by atoms with van der Waals surface area (Å²) in [6.07, 6.45) is 4.44. The van der Waals surface area contributed by atoms with Gasteiger partial charge in [-0.1, -0.05) is 18.2 Å². The zero-order valence-corrected chi connectivity index (χ0v) is 11.6. The van der Waals surface area contributed by atoms with E-state index in [9.17, 15) is 14.9 Å². The van der Waals surface area contributed by atoms with Gasteiger partial charge in [0.2, 0.25) is 0 Å². The molecule has 0 radical (unpaired) electrons. The van der Waals surface area contributed by atoms with E-state index in [-0.39, 0.29) is 11.6 Å². The van der Waals surface area contributed by atoms with E-state index in [2.05, 4.69) is 10.5 Å². The molecule has 1 aromatic heterocycles. The minimum absolute atomic E-state index is 0.0183. The SMILES string of the molecule is O=C(N/N=C\C=C/c1ccccc1[N+](=O)[O-])c1cccs1. The number of thiophene rings is 1. The van der Waals surface area contributed by atoms with Crippen molar-refractivity contribution in [2.75, 3.05) is 0 Å². The van der Waals surface area contributed by atoms with Gasteiger partial charge >= 0.3 is 0 Å². The number of nitrogens with zero attached hydrogens (tertiary/aromatic N) is 2. The minimum atomic E-state index is -0.449. The van der Waals surface area contributed by atoms with Crippen LogP contribution in [0.25, 0.3) is 6.08 Å². The van der Waals surface area contributed by atoms with Crippen LogP contribution >= 0.6 is 11.3 Å². The Labute approximate surface area is 124 Å². The summed E-state index contributed by atoms with van der Waals surface area (Å²) in [7, 11) is 0. The number of nitro groups is 1. The van der Waals surface area contributed by atoms with Crippen LogP contribution in [0, 0.1) is 10.1 Å². The first-order valence-corrected chi connectivity index (χ1v) is 6.83. The van der Waals surface area contributed by atoms with E-state index >= 15 is 0 Å². The molecule has 2 aromatic rings. The van der Waals surface area contributed by atoms with Crippen LogP contribution in [0.5, 0.6) is 0 Å². The molecule has 0 unspecified atom stereocenters. The molecule has 6 nitrogen and oxygen atoms in total. The van der Waals surface area contributed by atoms with E-state index in [1.807, 2.05) is 0 Å². The number of hydrogen-bond donors (Lipinski definition) is 1. The van der Waals surface area contributed by atoms with Gasteiger partial charge in [-0.2, -0.15) is 5.10 Å². The summed E-state index contributed by atoms with van der Waals surface area (Å²) in [5.41, 5.74) is 2.85. The topological polar surface area (TPSA) is 84.6 Å². The molecule has 0 aliphatic heterocycles. The lowest BCUT2D eigenvalue weighted by molar-refractivity contribution is -0.385. The molecule has 7 heteroatoms. The number of hydrogen-bond acceptors (Lipinski definition) is 5. The number of para-hydroxylation sites is 1. The van der Waals surface area contributed by atoms with E-state index in [0.29, 0.717) is 10.4 Å². The number of nitro benzene ring substituents is 1. The third-order valence-corrected chi connectivity index (χ3v) is 3.35. The van der Waals surface area contributed by atoms with Crippen LogP contribution in [0.1, 0.15) is 15.2 Å². The average molecular weight is 301 g/mol. The Morgan fingerprint density at radius 2 is 2.10 bits per heavy atom. The van der Waals surface area contributed by atoms with E-state index in [1.165, 1.54) is 29.7 Å². The smallest absolute Gasteiger partial charge is 0.266 e. The first kappa shape index (κ1) is 14.6. The van der Waals surface area contributed by atoms with Crippen LogP contribution in [-0.2, 0) is 0 Å². The number of carbonyl (C=O) groups excluding carboxylic acids is 1. The average Bonchev–Trinajstić information content (AvgIpc) is 3.01. The zero-order valence-electron chi connectivity index (χ0n) is 10.8. The largest absolute Gasteiger partial charge is 0.281 e. The number of amides is 1. The summed E-state index contributed by atoms with van der Waals surface area (Å²) < 4.78 is 0.